The second kappa shape index (κ2) is 25.0. The molecule has 0 radical (unpaired) electrons. The highest BCUT2D eigenvalue weighted by molar-refractivity contribution is 5.76. The Labute approximate surface area is 254 Å². The number of aliphatic hydroxyl groups is 5. The fourth-order valence-electron chi connectivity index (χ4n) is 4.99. The van der Waals surface area contributed by atoms with E-state index in [0.717, 1.165) is 38.5 Å². The Morgan fingerprint density at radius 1 is 0.786 bits per heavy atom. The van der Waals surface area contributed by atoms with E-state index < -0.39 is 49.5 Å². The van der Waals surface area contributed by atoms with Gasteiger partial charge in [0.1, 0.15) is 24.4 Å². The highest BCUT2D eigenvalue weighted by atomic mass is 16.7. The van der Waals surface area contributed by atoms with Crippen LogP contribution in [0.25, 0.3) is 0 Å². The first-order valence-electron chi connectivity index (χ1n) is 16.6. The van der Waals surface area contributed by atoms with Crippen LogP contribution in [0, 0.1) is 0 Å². The standard InChI is InChI=1S/C33H61NO8/c1-3-5-7-9-11-13-15-16-18-20-22-27(36)26(25-41-33-32(40)31(39)30(38)28(24-35)42-33)34-29(37)23-21-19-17-14-12-10-8-6-4-2/h13,15,20,22,26-28,30-33,35-36,38-40H,3-12,14,16-19,21,23-25H2,1-2H3,(H,34,37)/b15-13+,22-20+. The molecule has 9 heteroatoms. The lowest BCUT2D eigenvalue weighted by Gasteiger charge is -2.40. The van der Waals surface area contributed by atoms with Gasteiger partial charge in [0.2, 0.25) is 5.91 Å². The third-order valence-corrected chi connectivity index (χ3v) is 7.78. The average molecular weight is 600 g/mol. The minimum Gasteiger partial charge on any atom is -0.394 e. The molecule has 0 aromatic carbocycles. The number of allylic oxidation sites excluding steroid dienone is 3. The van der Waals surface area contributed by atoms with Gasteiger partial charge >= 0.3 is 0 Å². The number of hydrogen-bond acceptors (Lipinski definition) is 8. The van der Waals surface area contributed by atoms with E-state index in [-0.39, 0.29) is 12.5 Å². The molecule has 1 rings (SSSR count). The summed E-state index contributed by atoms with van der Waals surface area (Å²) in [7, 11) is 0. The summed E-state index contributed by atoms with van der Waals surface area (Å²) in [5.74, 6) is -0.196. The predicted octanol–water partition coefficient (Wildman–Crippen LogP) is 4.43. The number of amides is 1. The zero-order valence-electron chi connectivity index (χ0n) is 26.2. The molecule has 0 spiro atoms. The van der Waals surface area contributed by atoms with Crippen molar-refractivity contribution in [2.45, 2.75) is 166 Å². The minimum atomic E-state index is -1.56. The molecule has 0 saturated carbocycles. The SMILES string of the molecule is CCCCCC/C=C/CC/C=C/C(O)C(COC1OC(CO)C(O)C(O)C1O)NC(=O)CCCCCCCCCCC. The summed E-state index contributed by atoms with van der Waals surface area (Å²) in [4.78, 5) is 12.7. The molecule has 0 aliphatic carbocycles. The second-order valence-corrected chi connectivity index (χ2v) is 11.6. The van der Waals surface area contributed by atoms with Crippen LogP contribution in [0.1, 0.15) is 123 Å². The molecule has 246 valence electrons. The first kappa shape index (κ1) is 38.7. The normalized spacial score (nSPS) is 24.4. The summed E-state index contributed by atoms with van der Waals surface area (Å²) >= 11 is 0. The third kappa shape index (κ3) is 17.1. The van der Waals surface area contributed by atoms with Crippen molar-refractivity contribution in [1.82, 2.24) is 5.32 Å². The van der Waals surface area contributed by atoms with Crippen LogP contribution in [0.3, 0.4) is 0 Å². The molecule has 1 amide bonds. The van der Waals surface area contributed by atoms with Gasteiger partial charge in [-0.1, -0.05) is 109 Å². The monoisotopic (exact) mass is 599 g/mol. The largest absolute Gasteiger partial charge is 0.394 e. The van der Waals surface area contributed by atoms with E-state index in [1.807, 2.05) is 6.08 Å². The third-order valence-electron chi connectivity index (χ3n) is 7.78. The summed E-state index contributed by atoms with van der Waals surface area (Å²) in [5.41, 5.74) is 0. The summed E-state index contributed by atoms with van der Waals surface area (Å²) in [6.07, 6.45) is 18.1. The van der Waals surface area contributed by atoms with Crippen molar-refractivity contribution in [3.63, 3.8) is 0 Å². The van der Waals surface area contributed by atoms with Gasteiger partial charge in [-0.05, 0) is 32.1 Å². The first-order valence-corrected chi connectivity index (χ1v) is 16.6. The van der Waals surface area contributed by atoms with E-state index in [0.29, 0.717) is 6.42 Å². The van der Waals surface area contributed by atoms with Crippen LogP contribution in [-0.4, -0.2) is 87.5 Å². The maximum atomic E-state index is 12.7. The van der Waals surface area contributed by atoms with Gasteiger partial charge in [-0.25, -0.2) is 0 Å². The van der Waals surface area contributed by atoms with Crippen molar-refractivity contribution in [3.8, 4) is 0 Å². The van der Waals surface area contributed by atoms with Crippen molar-refractivity contribution >= 4 is 5.91 Å². The van der Waals surface area contributed by atoms with Gasteiger partial charge in [-0.3, -0.25) is 4.79 Å². The van der Waals surface area contributed by atoms with Crippen LogP contribution in [0.2, 0.25) is 0 Å². The van der Waals surface area contributed by atoms with Gasteiger partial charge in [-0.2, -0.15) is 0 Å². The highest BCUT2D eigenvalue weighted by Gasteiger charge is 2.44. The Balaban J connectivity index is 2.58. The number of carbonyl (C=O) groups excluding carboxylic acids is 1. The summed E-state index contributed by atoms with van der Waals surface area (Å²) in [6.45, 7) is 3.64. The van der Waals surface area contributed by atoms with Gasteiger partial charge in [0.05, 0.1) is 25.4 Å². The summed E-state index contributed by atoms with van der Waals surface area (Å²) in [5, 5.41) is 53.5. The van der Waals surface area contributed by atoms with Crippen LogP contribution >= 0.6 is 0 Å². The van der Waals surface area contributed by atoms with Gasteiger partial charge in [0.25, 0.3) is 0 Å². The first-order chi connectivity index (χ1) is 20.3. The minimum absolute atomic E-state index is 0.196. The molecule has 42 heavy (non-hydrogen) atoms. The van der Waals surface area contributed by atoms with Crippen LogP contribution in [0.4, 0.5) is 0 Å². The number of unbranched alkanes of at least 4 members (excludes halogenated alkanes) is 13. The molecular formula is C33H61NO8. The van der Waals surface area contributed by atoms with E-state index in [4.69, 9.17) is 9.47 Å². The molecule has 1 aliphatic rings. The number of hydrogen-bond donors (Lipinski definition) is 6. The Hall–Kier alpha value is -1.33. The maximum Gasteiger partial charge on any atom is 0.220 e. The highest BCUT2D eigenvalue weighted by Crippen LogP contribution is 2.22. The molecule has 1 saturated heterocycles. The van der Waals surface area contributed by atoms with Crippen LogP contribution in [-0.2, 0) is 14.3 Å². The molecule has 0 aromatic heterocycles. The Morgan fingerprint density at radius 2 is 1.36 bits per heavy atom. The molecule has 9 nitrogen and oxygen atoms in total. The van der Waals surface area contributed by atoms with Gasteiger partial charge in [0.15, 0.2) is 6.29 Å². The van der Waals surface area contributed by atoms with Crippen molar-refractivity contribution in [1.29, 1.82) is 0 Å². The lowest BCUT2D eigenvalue weighted by Crippen LogP contribution is -2.60. The molecular weight excluding hydrogens is 538 g/mol. The number of nitrogens with one attached hydrogen (secondary N) is 1. The lowest BCUT2D eigenvalue weighted by molar-refractivity contribution is -0.302. The lowest BCUT2D eigenvalue weighted by atomic mass is 9.99. The van der Waals surface area contributed by atoms with E-state index in [9.17, 15) is 30.3 Å². The molecule has 0 bridgehead atoms. The Kier molecular flexibility index (Phi) is 23.1. The molecule has 7 unspecified atom stereocenters. The quantitative estimate of drug-likeness (QED) is 0.0667. The summed E-state index contributed by atoms with van der Waals surface area (Å²) in [6, 6.07) is -0.811. The fraction of sp³-hybridized carbons (Fsp3) is 0.848. The molecule has 1 fully saturated rings. The maximum absolute atomic E-state index is 12.7. The van der Waals surface area contributed by atoms with Crippen molar-refractivity contribution in [3.05, 3.63) is 24.3 Å². The fourth-order valence-corrected chi connectivity index (χ4v) is 4.99. The molecule has 7 atom stereocenters. The predicted molar refractivity (Wildman–Crippen MR) is 166 cm³/mol. The zero-order valence-corrected chi connectivity index (χ0v) is 26.2. The van der Waals surface area contributed by atoms with Gasteiger partial charge < -0.3 is 40.3 Å². The van der Waals surface area contributed by atoms with Crippen LogP contribution in [0.5, 0.6) is 0 Å². The van der Waals surface area contributed by atoms with E-state index >= 15 is 0 Å². The second-order valence-electron chi connectivity index (χ2n) is 11.6. The van der Waals surface area contributed by atoms with Crippen molar-refractivity contribution < 1.29 is 39.8 Å². The molecule has 1 aliphatic heterocycles. The molecule has 6 N–H and O–H groups in total. The van der Waals surface area contributed by atoms with Gasteiger partial charge in [-0.15, -0.1) is 0 Å². The topological polar surface area (TPSA) is 149 Å². The van der Waals surface area contributed by atoms with Crippen molar-refractivity contribution in [2.75, 3.05) is 13.2 Å². The Bertz CT molecular complexity index is 716. The molecule has 0 aromatic rings. The van der Waals surface area contributed by atoms with Crippen molar-refractivity contribution in [2.24, 2.45) is 0 Å². The van der Waals surface area contributed by atoms with E-state index in [2.05, 4.69) is 31.3 Å². The van der Waals surface area contributed by atoms with E-state index in [1.165, 1.54) is 64.2 Å². The zero-order chi connectivity index (χ0) is 31.0. The summed E-state index contributed by atoms with van der Waals surface area (Å²) < 4.78 is 11.1. The van der Waals surface area contributed by atoms with Crippen LogP contribution < -0.4 is 5.32 Å². The number of ether oxygens (including phenoxy) is 2. The Morgan fingerprint density at radius 3 is 2.00 bits per heavy atom. The number of rotatable bonds is 25. The van der Waals surface area contributed by atoms with Gasteiger partial charge in [0, 0.05) is 6.42 Å². The molecule has 1 heterocycles. The number of aliphatic hydroxyl groups excluding tert-OH is 5. The van der Waals surface area contributed by atoms with Crippen LogP contribution in [0.15, 0.2) is 24.3 Å². The average Bonchev–Trinajstić information content (AvgIpc) is 2.98. The smallest absolute Gasteiger partial charge is 0.220 e. The van der Waals surface area contributed by atoms with E-state index in [1.54, 1.807) is 6.08 Å². The number of carbonyl (C=O) groups is 1.